The third-order valence-corrected chi connectivity index (χ3v) is 7.70. The topological polar surface area (TPSA) is 48.0 Å². The SMILES string of the molecule is CCCCCCCCCCCCCCCCOCC(COC(=O)c1cccc(CN2C=CSC2)c1)OCC. The molecule has 1 aromatic rings. The van der Waals surface area contributed by atoms with E-state index in [-0.39, 0.29) is 18.7 Å². The molecule has 1 aromatic carbocycles. The number of hydrogen-bond acceptors (Lipinski definition) is 6. The van der Waals surface area contributed by atoms with Crippen molar-refractivity contribution in [2.24, 2.45) is 0 Å². The maximum absolute atomic E-state index is 12.6. The van der Waals surface area contributed by atoms with Crippen molar-refractivity contribution in [3.05, 3.63) is 47.0 Å². The molecule has 1 unspecified atom stereocenters. The quantitative estimate of drug-likeness (QED) is 0.0952. The maximum atomic E-state index is 12.6. The van der Waals surface area contributed by atoms with E-state index in [0.29, 0.717) is 18.8 Å². The van der Waals surface area contributed by atoms with Crippen LogP contribution in [0.1, 0.15) is 120 Å². The van der Waals surface area contributed by atoms with Crippen molar-refractivity contribution in [2.75, 3.05) is 32.3 Å². The molecule has 1 atom stereocenters. The second kappa shape index (κ2) is 22.3. The molecule has 5 nitrogen and oxygen atoms in total. The largest absolute Gasteiger partial charge is 0.459 e. The van der Waals surface area contributed by atoms with Crippen molar-refractivity contribution < 1.29 is 19.0 Å². The fourth-order valence-electron chi connectivity index (χ4n) is 4.69. The first-order chi connectivity index (χ1) is 18.7. The summed E-state index contributed by atoms with van der Waals surface area (Å²) in [7, 11) is 0. The number of thioether (sulfide) groups is 1. The van der Waals surface area contributed by atoms with Gasteiger partial charge >= 0.3 is 5.97 Å². The Morgan fingerprint density at radius 3 is 2.16 bits per heavy atom. The van der Waals surface area contributed by atoms with Gasteiger partial charge in [0.05, 0.1) is 18.0 Å². The second-order valence-electron chi connectivity index (χ2n) is 10.4. The summed E-state index contributed by atoms with van der Waals surface area (Å²) >= 11 is 1.77. The first kappa shape index (κ1) is 32.7. The Kier molecular flexibility index (Phi) is 19.2. The zero-order valence-corrected chi connectivity index (χ0v) is 25.0. The molecular formula is C32H53NO4S. The highest BCUT2D eigenvalue weighted by molar-refractivity contribution is 8.02. The van der Waals surface area contributed by atoms with E-state index in [1.54, 1.807) is 11.8 Å². The molecule has 0 saturated carbocycles. The molecule has 2 rings (SSSR count). The number of carbonyl (C=O) groups excluding carboxylic acids is 1. The Balaban J connectivity index is 1.48. The number of nitrogens with zero attached hydrogens (tertiary/aromatic N) is 1. The molecule has 0 fully saturated rings. The highest BCUT2D eigenvalue weighted by Gasteiger charge is 2.15. The third-order valence-electron chi connectivity index (χ3n) is 6.91. The summed E-state index contributed by atoms with van der Waals surface area (Å²) < 4.78 is 17.2. The molecule has 0 aromatic heterocycles. The van der Waals surface area contributed by atoms with E-state index < -0.39 is 0 Å². The number of rotatable bonds is 24. The van der Waals surface area contributed by atoms with E-state index in [0.717, 1.165) is 31.0 Å². The lowest BCUT2D eigenvalue weighted by atomic mass is 10.0. The molecule has 6 heteroatoms. The first-order valence-corrected chi connectivity index (χ1v) is 16.3. The van der Waals surface area contributed by atoms with Gasteiger partial charge in [-0.05, 0) is 36.4 Å². The van der Waals surface area contributed by atoms with Crippen molar-refractivity contribution in [1.82, 2.24) is 4.90 Å². The van der Waals surface area contributed by atoms with Gasteiger partial charge in [-0.15, -0.1) is 11.8 Å². The molecule has 0 spiro atoms. The van der Waals surface area contributed by atoms with Crippen LogP contribution < -0.4 is 0 Å². The molecule has 1 heterocycles. The molecule has 0 radical (unpaired) electrons. The molecule has 216 valence electrons. The van der Waals surface area contributed by atoms with Gasteiger partial charge in [-0.2, -0.15) is 0 Å². The van der Waals surface area contributed by atoms with Gasteiger partial charge in [0.1, 0.15) is 12.7 Å². The van der Waals surface area contributed by atoms with Gasteiger partial charge in [-0.3, -0.25) is 0 Å². The molecule has 0 bridgehead atoms. The van der Waals surface area contributed by atoms with Crippen LogP contribution in [0.25, 0.3) is 0 Å². The van der Waals surface area contributed by atoms with Crippen LogP contribution >= 0.6 is 11.8 Å². The van der Waals surface area contributed by atoms with Gasteiger partial charge in [0.2, 0.25) is 0 Å². The molecule has 0 saturated heterocycles. The molecular weight excluding hydrogens is 494 g/mol. The minimum Gasteiger partial charge on any atom is -0.459 e. The van der Waals surface area contributed by atoms with Crippen LogP contribution in [0.2, 0.25) is 0 Å². The van der Waals surface area contributed by atoms with Crippen molar-refractivity contribution in [2.45, 2.75) is 116 Å². The lowest BCUT2D eigenvalue weighted by molar-refractivity contribution is -0.0465. The van der Waals surface area contributed by atoms with E-state index >= 15 is 0 Å². The molecule has 0 amide bonds. The van der Waals surface area contributed by atoms with Crippen molar-refractivity contribution in [1.29, 1.82) is 0 Å². The Morgan fingerprint density at radius 1 is 0.895 bits per heavy atom. The molecule has 1 aliphatic heterocycles. The lowest BCUT2D eigenvalue weighted by Gasteiger charge is -2.18. The average Bonchev–Trinajstić information content (AvgIpc) is 3.44. The molecule has 1 aliphatic rings. The van der Waals surface area contributed by atoms with Gasteiger partial charge in [-0.25, -0.2) is 4.79 Å². The monoisotopic (exact) mass is 547 g/mol. The van der Waals surface area contributed by atoms with Crippen LogP contribution in [0.5, 0.6) is 0 Å². The van der Waals surface area contributed by atoms with E-state index in [1.165, 1.54) is 83.5 Å². The van der Waals surface area contributed by atoms with E-state index in [1.807, 2.05) is 31.2 Å². The Bertz CT molecular complexity index is 757. The molecule has 0 N–H and O–H groups in total. The van der Waals surface area contributed by atoms with Crippen LogP contribution in [-0.2, 0) is 20.8 Å². The lowest BCUT2D eigenvalue weighted by Crippen LogP contribution is -2.27. The fraction of sp³-hybridized carbons (Fsp3) is 0.719. The van der Waals surface area contributed by atoms with Crippen molar-refractivity contribution in [3.8, 4) is 0 Å². The number of benzene rings is 1. The summed E-state index contributed by atoms with van der Waals surface area (Å²) in [6, 6.07) is 7.68. The third kappa shape index (κ3) is 15.8. The van der Waals surface area contributed by atoms with Gasteiger partial charge < -0.3 is 19.1 Å². The van der Waals surface area contributed by atoms with Crippen molar-refractivity contribution in [3.63, 3.8) is 0 Å². The molecule has 38 heavy (non-hydrogen) atoms. The first-order valence-electron chi connectivity index (χ1n) is 15.2. The minimum atomic E-state index is -0.310. The second-order valence-corrected chi connectivity index (χ2v) is 11.2. The van der Waals surface area contributed by atoms with Crippen LogP contribution in [0, 0.1) is 0 Å². The number of hydrogen-bond donors (Lipinski definition) is 0. The fourth-order valence-corrected chi connectivity index (χ4v) is 5.40. The summed E-state index contributed by atoms with van der Waals surface area (Å²) in [6.45, 7) is 7.00. The van der Waals surface area contributed by atoms with Crippen LogP contribution in [0.3, 0.4) is 0 Å². The van der Waals surface area contributed by atoms with Gasteiger partial charge in [0, 0.05) is 26.0 Å². The minimum absolute atomic E-state index is 0.209. The number of carbonyl (C=O) groups is 1. The summed E-state index contributed by atoms with van der Waals surface area (Å²) in [5.74, 6) is 0.638. The van der Waals surface area contributed by atoms with Gasteiger partial charge in [0.25, 0.3) is 0 Å². The van der Waals surface area contributed by atoms with E-state index in [9.17, 15) is 4.79 Å². The number of unbranched alkanes of at least 4 members (excludes halogenated alkanes) is 13. The van der Waals surface area contributed by atoms with Crippen molar-refractivity contribution >= 4 is 17.7 Å². The highest BCUT2D eigenvalue weighted by atomic mass is 32.2. The van der Waals surface area contributed by atoms with Gasteiger partial charge in [-0.1, -0.05) is 103 Å². The zero-order chi connectivity index (χ0) is 27.1. The van der Waals surface area contributed by atoms with Crippen LogP contribution in [0.15, 0.2) is 35.9 Å². The predicted octanol–water partition coefficient (Wildman–Crippen LogP) is 8.72. The maximum Gasteiger partial charge on any atom is 0.338 e. The van der Waals surface area contributed by atoms with Crippen LogP contribution in [0.4, 0.5) is 0 Å². The highest BCUT2D eigenvalue weighted by Crippen LogP contribution is 2.19. The summed E-state index contributed by atoms with van der Waals surface area (Å²) in [5, 5.41) is 2.09. The summed E-state index contributed by atoms with van der Waals surface area (Å²) in [4.78, 5) is 14.8. The summed E-state index contributed by atoms with van der Waals surface area (Å²) in [6.07, 6.45) is 20.8. The standard InChI is InChI=1S/C32H53NO4S/c1-3-5-6-7-8-9-10-11-12-13-14-15-16-17-22-35-26-31(36-4-2)27-37-32(34)30-20-18-19-29(24-30)25-33-21-23-38-28-33/h18-21,23-24,31H,3-17,22,25-28H2,1-2H3. The van der Waals surface area contributed by atoms with Gasteiger partial charge in [0.15, 0.2) is 0 Å². The smallest absolute Gasteiger partial charge is 0.338 e. The van der Waals surface area contributed by atoms with E-state index in [2.05, 4.69) is 23.4 Å². The number of esters is 1. The number of ether oxygens (including phenoxy) is 3. The van der Waals surface area contributed by atoms with E-state index in [4.69, 9.17) is 14.2 Å². The zero-order valence-electron chi connectivity index (χ0n) is 24.2. The normalized spacial score (nSPS) is 13.8. The predicted molar refractivity (Wildman–Crippen MR) is 160 cm³/mol. The summed E-state index contributed by atoms with van der Waals surface area (Å²) in [5.41, 5.74) is 1.68. The van der Waals surface area contributed by atoms with Crippen LogP contribution in [-0.4, -0.2) is 49.3 Å². The molecule has 0 aliphatic carbocycles. The Morgan fingerprint density at radius 2 is 1.55 bits per heavy atom. The average molecular weight is 548 g/mol. The Labute approximate surface area is 237 Å². The Hall–Kier alpha value is -1.50.